The van der Waals surface area contributed by atoms with E-state index in [1.165, 1.54) is 29.2 Å². The lowest BCUT2D eigenvalue weighted by molar-refractivity contribution is -0.137. The molecule has 0 unspecified atom stereocenters. The molecule has 0 spiro atoms. The van der Waals surface area contributed by atoms with Gasteiger partial charge in [0.2, 0.25) is 5.88 Å². The van der Waals surface area contributed by atoms with Gasteiger partial charge in [-0.05, 0) is 49.4 Å². The normalized spacial score (nSPS) is 11.5. The van der Waals surface area contributed by atoms with Crippen LogP contribution in [0.15, 0.2) is 67.1 Å². The maximum Gasteiger partial charge on any atom is 0.416 e. The topological polar surface area (TPSA) is 69.0 Å². The Bertz CT molecular complexity index is 1230. The molecule has 152 valence electrons. The Morgan fingerprint density at radius 3 is 2.67 bits per heavy atom. The first kappa shape index (κ1) is 19.4. The van der Waals surface area contributed by atoms with Crippen LogP contribution < -0.4 is 10.1 Å². The quantitative estimate of drug-likeness (QED) is 0.473. The molecule has 6 nitrogen and oxygen atoms in total. The first-order valence-corrected chi connectivity index (χ1v) is 8.86. The van der Waals surface area contributed by atoms with E-state index in [1.807, 2.05) is 6.92 Å². The molecule has 0 aliphatic carbocycles. The number of alkyl halides is 3. The molecule has 0 saturated heterocycles. The second-order valence-electron chi connectivity index (χ2n) is 6.51. The third kappa shape index (κ3) is 4.09. The molecule has 0 atom stereocenters. The van der Waals surface area contributed by atoms with Crippen LogP contribution in [0.4, 0.5) is 23.7 Å². The molecule has 0 bridgehead atoms. The van der Waals surface area contributed by atoms with Gasteiger partial charge in [0.05, 0.1) is 11.1 Å². The fourth-order valence-corrected chi connectivity index (χ4v) is 2.92. The van der Waals surface area contributed by atoms with E-state index in [-0.39, 0.29) is 5.69 Å². The molecule has 2 aromatic carbocycles. The number of fused-ring (bicyclic) bond motifs is 1. The molecule has 2 heterocycles. The van der Waals surface area contributed by atoms with Crippen molar-refractivity contribution in [2.24, 2.45) is 0 Å². The van der Waals surface area contributed by atoms with Gasteiger partial charge >= 0.3 is 12.2 Å². The largest absolute Gasteiger partial charge is 0.439 e. The highest BCUT2D eigenvalue weighted by molar-refractivity contribution is 5.98. The molecule has 30 heavy (non-hydrogen) atoms. The van der Waals surface area contributed by atoms with Crippen LogP contribution in [0.2, 0.25) is 0 Å². The molecule has 0 aliphatic rings. The second kappa shape index (κ2) is 7.51. The second-order valence-corrected chi connectivity index (χ2v) is 6.51. The summed E-state index contributed by atoms with van der Waals surface area (Å²) in [6, 6.07) is 12.4. The molecule has 9 heteroatoms. The van der Waals surface area contributed by atoms with E-state index in [2.05, 4.69) is 15.3 Å². The molecular weight excluding hydrogens is 397 g/mol. The lowest BCUT2D eigenvalue weighted by Crippen LogP contribution is -2.18. The highest BCUT2D eigenvalue weighted by atomic mass is 19.4. The van der Waals surface area contributed by atoms with Crippen LogP contribution in [0.3, 0.4) is 0 Å². The number of aromatic nitrogens is 3. The van der Waals surface area contributed by atoms with Crippen molar-refractivity contribution in [3.63, 3.8) is 0 Å². The van der Waals surface area contributed by atoms with Crippen molar-refractivity contribution in [3.05, 3.63) is 78.4 Å². The van der Waals surface area contributed by atoms with Gasteiger partial charge in [-0.15, -0.1) is 0 Å². The summed E-state index contributed by atoms with van der Waals surface area (Å²) in [7, 11) is 0. The van der Waals surface area contributed by atoms with Crippen molar-refractivity contribution < 1.29 is 22.7 Å². The van der Waals surface area contributed by atoms with E-state index < -0.39 is 17.8 Å². The number of anilines is 1. The first-order valence-electron chi connectivity index (χ1n) is 8.86. The number of nitrogens with one attached hydrogen (secondary N) is 1. The van der Waals surface area contributed by atoms with E-state index in [0.717, 1.165) is 23.2 Å². The first-order chi connectivity index (χ1) is 14.3. The van der Waals surface area contributed by atoms with Crippen LogP contribution in [0.1, 0.15) is 11.3 Å². The van der Waals surface area contributed by atoms with Crippen LogP contribution >= 0.6 is 0 Å². The fourth-order valence-electron chi connectivity index (χ4n) is 2.92. The summed E-state index contributed by atoms with van der Waals surface area (Å²) in [6.45, 7) is 1.82. The van der Waals surface area contributed by atoms with Crippen molar-refractivity contribution in [2.45, 2.75) is 13.1 Å². The lowest BCUT2D eigenvalue weighted by Gasteiger charge is -2.11. The minimum atomic E-state index is -4.49. The summed E-state index contributed by atoms with van der Waals surface area (Å²) in [5.41, 5.74) is 0.555. The number of amides is 1. The molecular formula is C21H15F3N4O2. The summed E-state index contributed by atoms with van der Waals surface area (Å²) in [6.07, 6.45) is -1.55. The zero-order chi connectivity index (χ0) is 21.3. The van der Waals surface area contributed by atoms with Crippen LogP contribution in [0, 0.1) is 6.92 Å². The van der Waals surface area contributed by atoms with Gasteiger partial charge in [-0.1, -0.05) is 6.07 Å². The summed E-state index contributed by atoms with van der Waals surface area (Å²) < 4.78 is 45.6. The third-order valence-corrected chi connectivity index (χ3v) is 4.32. The van der Waals surface area contributed by atoms with E-state index in [4.69, 9.17) is 4.74 Å². The zero-order valence-corrected chi connectivity index (χ0v) is 15.6. The predicted octanol–water partition coefficient (Wildman–Crippen LogP) is 5.63. The molecule has 1 amide bonds. The third-order valence-electron chi connectivity index (χ3n) is 4.32. The van der Waals surface area contributed by atoms with Gasteiger partial charge in [-0.3, -0.25) is 4.57 Å². The van der Waals surface area contributed by atoms with Crippen LogP contribution in [-0.4, -0.2) is 20.6 Å². The Kier molecular flexibility index (Phi) is 4.86. The molecule has 0 saturated carbocycles. The SMILES string of the molecule is Cc1cc(Oc2ccc3c(ccn3C(=O)Nc3cccc(C(F)(F)F)c3)c2)ncn1. The number of hydrogen-bond acceptors (Lipinski definition) is 4. The monoisotopic (exact) mass is 412 g/mol. The number of nitrogens with zero attached hydrogens (tertiary/aromatic N) is 3. The molecule has 0 radical (unpaired) electrons. The number of halogens is 3. The number of carbonyl (C=O) groups is 1. The van der Waals surface area contributed by atoms with E-state index in [0.29, 0.717) is 17.1 Å². The van der Waals surface area contributed by atoms with Crippen LogP contribution in [-0.2, 0) is 6.18 Å². The van der Waals surface area contributed by atoms with Crippen LogP contribution in [0.25, 0.3) is 10.9 Å². The van der Waals surface area contributed by atoms with E-state index >= 15 is 0 Å². The average molecular weight is 412 g/mol. The Labute approximate surface area is 169 Å². The van der Waals surface area contributed by atoms with Crippen molar-refractivity contribution in [1.29, 1.82) is 0 Å². The Morgan fingerprint density at radius 2 is 1.90 bits per heavy atom. The molecule has 1 N–H and O–H groups in total. The molecule has 0 fully saturated rings. The standard InChI is InChI=1S/C21H15F3N4O2/c1-13-9-19(26-12-25-13)30-17-5-6-18-14(10-17)7-8-28(18)20(29)27-16-4-2-3-15(11-16)21(22,23)24/h2-12H,1H3,(H,27,29). The van der Waals surface area contributed by atoms with Gasteiger partial charge in [-0.25, -0.2) is 14.8 Å². The van der Waals surface area contributed by atoms with Gasteiger partial charge in [0.15, 0.2) is 0 Å². The zero-order valence-electron chi connectivity index (χ0n) is 15.6. The van der Waals surface area contributed by atoms with Gasteiger partial charge in [0.1, 0.15) is 12.1 Å². The van der Waals surface area contributed by atoms with Crippen molar-refractivity contribution in [1.82, 2.24) is 14.5 Å². The summed E-state index contributed by atoms with van der Waals surface area (Å²) in [5, 5.41) is 3.21. The van der Waals surface area contributed by atoms with Crippen molar-refractivity contribution in [2.75, 3.05) is 5.32 Å². The predicted molar refractivity (Wildman–Crippen MR) is 105 cm³/mol. The minimum absolute atomic E-state index is 0.0516. The number of carbonyl (C=O) groups excluding carboxylic acids is 1. The highest BCUT2D eigenvalue weighted by Crippen LogP contribution is 2.31. The lowest BCUT2D eigenvalue weighted by atomic mass is 10.2. The Balaban J connectivity index is 1.55. The van der Waals surface area contributed by atoms with Gasteiger partial charge in [0.25, 0.3) is 0 Å². The molecule has 0 aliphatic heterocycles. The molecule has 2 aromatic heterocycles. The van der Waals surface area contributed by atoms with Gasteiger partial charge < -0.3 is 10.1 Å². The number of rotatable bonds is 3. The smallest absolute Gasteiger partial charge is 0.416 e. The summed E-state index contributed by atoms with van der Waals surface area (Å²) in [5.74, 6) is 0.917. The Hall–Kier alpha value is -3.88. The highest BCUT2D eigenvalue weighted by Gasteiger charge is 2.30. The van der Waals surface area contributed by atoms with Gasteiger partial charge in [-0.2, -0.15) is 13.2 Å². The number of hydrogen-bond donors (Lipinski definition) is 1. The molecule has 4 rings (SSSR count). The minimum Gasteiger partial charge on any atom is -0.439 e. The maximum atomic E-state index is 12.9. The molecule has 4 aromatic rings. The average Bonchev–Trinajstić information content (AvgIpc) is 3.11. The van der Waals surface area contributed by atoms with Crippen LogP contribution in [0.5, 0.6) is 11.6 Å². The fraction of sp³-hybridized carbons (Fsp3) is 0.0952. The Morgan fingerprint density at radius 1 is 1.07 bits per heavy atom. The summed E-state index contributed by atoms with van der Waals surface area (Å²) >= 11 is 0. The van der Waals surface area contributed by atoms with Gasteiger partial charge in [0, 0.05) is 29.0 Å². The van der Waals surface area contributed by atoms with E-state index in [9.17, 15) is 18.0 Å². The number of benzene rings is 2. The van der Waals surface area contributed by atoms with Crippen molar-refractivity contribution in [3.8, 4) is 11.6 Å². The van der Waals surface area contributed by atoms with E-state index in [1.54, 1.807) is 30.3 Å². The maximum absolute atomic E-state index is 12.9. The number of ether oxygens (including phenoxy) is 1. The van der Waals surface area contributed by atoms with Crippen molar-refractivity contribution >= 4 is 22.6 Å². The summed E-state index contributed by atoms with van der Waals surface area (Å²) in [4.78, 5) is 20.6. The number of aryl methyl sites for hydroxylation is 1.